The maximum absolute atomic E-state index is 6.36. The molecular weight excluding hydrogens is 268 g/mol. The molecule has 0 N–H and O–H groups in total. The molecular formula is C17H21ClSi. The van der Waals surface area contributed by atoms with Gasteiger partial charge in [-0.25, -0.2) is 0 Å². The van der Waals surface area contributed by atoms with E-state index in [1.807, 2.05) is 6.07 Å². The van der Waals surface area contributed by atoms with Gasteiger partial charge in [0, 0.05) is 5.02 Å². The van der Waals surface area contributed by atoms with Crippen molar-refractivity contribution < 1.29 is 0 Å². The molecule has 2 aromatic carbocycles. The van der Waals surface area contributed by atoms with Crippen molar-refractivity contribution in [3.63, 3.8) is 0 Å². The Morgan fingerprint density at radius 2 is 1.74 bits per heavy atom. The number of rotatable bonds is 4. The Morgan fingerprint density at radius 3 is 2.37 bits per heavy atom. The lowest BCUT2D eigenvalue weighted by atomic mass is 10.1. The molecule has 0 nitrogen and oxygen atoms in total. The van der Waals surface area contributed by atoms with E-state index in [2.05, 4.69) is 51.1 Å². The van der Waals surface area contributed by atoms with E-state index < -0.39 is 9.52 Å². The van der Waals surface area contributed by atoms with Gasteiger partial charge in [-0.05, 0) is 31.9 Å². The Morgan fingerprint density at radius 1 is 1.05 bits per heavy atom. The highest BCUT2D eigenvalue weighted by Gasteiger charge is 2.08. The Balaban J connectivity index is 2.34. The minimum absolute atomic E-state index is 0.432. The van der Waals surface area contributed by atoms with Crippen molar-refractivity contribution in [1.29, 1.82) is 0 Å². The molecule has 0 aliphatic carbocycles. The van der Waals surface area contributed by atoms with Gasteiger partial charge in [-0.15, -0.1) is 0 Å². The molecule has 19 heavy (non-hydrogen) atoms. The molecule has 0 aromatic heterocycles. The van der Waals surface area contributed by atoms with E-state index in [1.165, 1.54) is 27.1 Å². The predicted molar refractivity (Wildman–Crippen MR) is 89.2 cm³/mol. The lowest BCUT2D eigenvalue weighted by molar-refractivity contribution is 0.927. The number of aryl methyl sites for hydroxylation is 2. The zero-order valence-electron chi connectivity index (χ0n) is 12.0. The third kappa shape index (κ3) is 3.71. The normalized spacial score (nSPS) is 11.4. The molecule has 2 heteroatoms. The van der Waals surface area contributed by atoms with Gasteiger partial charge in [0.25, 0.3) is 0 Å². The molecule has 2 rings (SSSR count). The summed E-state index contributed by atoms with van der Waals surface area (Å²) in [6, 6.07) is 13.3. The lowest BCUT2D eigenvalue weighted by Gasteiger charge is -2.11. The van der Waals surface area contributed by atoms with E-state index in [4.69, 9.17) is 11.6 Å². The largest absolute Gasteiger partial charge is 0.0879 e. The van der Waals surface area contributed by atoms with Crippen LogP contribution < -0.4 is 10.4 Å². The van der Waals surface area contributed by atoms with Crippen LogP contribution in [0, 0.1) is 13.8 Å². The molecule has 100 valence electrons. The van der Waals surface area contributed by atoms with Crippen molar-refractivity contribution in [2.45, 2.75) is 33.6 Å². The molecule has 0 fully saturated rings. The van der Waals surface area contributed by atoms with E-state index in [0.29, 0.717) is 0 Å². The van der Waals surface area contributed by atoms with Crippen LogP contribution in [0.5, 0.6) is 0 Å². The van der Waals surface area contributed by atoms with Crippen molar-refractivity contribution in [1.82, 2.24) is 0 Å². The fourth-order valence-corrected chi connectivity index (χ4v) is 5.21. The number of halogens is 1. The van der Waals surface area contributed by atoms with Crippen LogP contribution in [0.2, 0.25) is 5.02 Å². The van der Waals surface area contributed by atoms with Crippen LogP contribution in [-0.4, -0.2) is 9.52 Å². The highest BCUT2D eigenvalue weighted by atomic mass is 35.5. The molecule has 0 radical (unpaired) electrons. The fourth-order valence-electron chi connectivity index (χ4n) is 2.69. The Labute approximate surface area is 123 Å². The van der Waals surface area contributed by atoms with Crippen LogP contribution in [0.3, 0.4) is 0 Å². The van der Waals surface area contributed by atoms with Gasteiger partial charge in [0.2, 0.25) is 0 Å². The third-order valence-electron chi connectivity index (χ3n) is 3.39. The van der Waals surface area contributed by atoms with E-state index >= 15 is 0 Å². The highest BCUT2D eigenvalue weighted by molar-refractivity contribution is 6.68. The number of benzene rings is 2. The highest BCUT2D eigenvalue weighted by Crippen LogP contribution is 2.14. The van der Waals surface area contributed by atoms with Gasteiger partial charge in [0.05, 0.1) is 9.52 Å². The zero-order chi connectivity index (χ0) is 13.8. The van der Waals surface area contributed by atoms with Gasteiger partial charge in [-0.2, -0.15) is 0 Å². The quantitative estimate of drug-likeness (QED) is 0.759. The maximum Gasteiger partial charge on any atom is 0.0879 e. The maximum atomic E-state index is 6.36. The average molecular weight is 289 g/mol. The standard InChI is InChI=1S/C17H21ClSi/c1-4-6-15-16(18)7-5-8-17(15)19-14-10-12(2)9-13(3)11-14/h5,7-11H,4,6,19H2,1-3H3. The van der Waals surface area contributed by atoms with Crippen LogP contribution in [0.15, 0.2) is 36.4 Å². The summed E-state index contributed by atoms with van der Waals surface area (Å²) in [6.45, 7) is 6.57. The Kier molecular flexibility index (Phi) is 4.84. The van der Waals surface area contributed by atoms with Crippen molar-refractivity contribution in [3.8, 4) is 0 Å². The first-order chi connectivity index (χ1) is 9.10. The first kappa shape index (κ1) is 14.4. The second-order valence-electron chi connectivity index (χ2n) is 5.30. The monoisotopic (exact) mass is 288 g/mol. The summed E-state index contributed by atoms with van der Waals surface area (Å²) >= 11 is 6.36. The van der Waals surface area contributed by atoms with Crippen LogP contribution in [0.25, 0.3) is 0 Å². The zero-order valence-corrected chi connectivity index (χ0v) is 14.1. The second kappa shape index (κ2) is 6.40. The minimum atomic E-state index is -0.432. The number of hydrogen-bond acceptors (Lipinski definition) is 0. The smallest absolute Gasteiger partial charge is 0.0840 e. The second-order valence-corrected chi connectivity index (χ2v) is 7.64. The van der Waals surface area contributed by atoms with Crippen molar-refractivity contribution in [2.75, 3.05) is 0 Å². The molecule has 0 aliphatic heterocycles. The van der Waals surface area contributed by atoms with Gasteiger partial charge < -0.3 is 0 Å². The van der Waals surface area contributed by atoms with Crippen LogP contribution >= 0.6 is 11.6 Å². The van der Waals surface area contributed by atoms with Crippen molar-refractivity contribution in [3.05, 3.63) is 58.1 Å². The van der Waals surface area contributed by atoms with Gasteiger partial charge in [-0.3, -0.25) is 0 Å². The SMILES string of the molecule is CCCc1c(Cl)cccc1[SiH2]c1cc(C)cc(C)c1. The fraction of sp³-hybridized carbons (Fsp3) is 0.294. The lowest BCUT2D eigenvalue weighted by Crippen LogP contribution is -2.30. The molecule has 2 aromatic rings. The van der Waals surface area contributed by atoms with Crippen molar-refractivity contribution in [2.24, 2.45) is 0 Å². The first-order valence-corrected chi connectivity index (χ1v) is 8.72. The molecule has 0 amide bonds. The Bertz CT molecular complexity index is 555. The molecule has 0 aliphatic rings. The van der Waals surface area contributed by atoms with Gasteiger partial charge >= 0.3 is 0 Å². The summed E-state index contributed by atoms with van der Waals surface area (Å²) in [4.78, 5) is 0. The summed E-state index contributed by atoms with van der Waals surface area (Å²) in [5, 5.41) is 3.95. The van der Waals surface area contributed by atoms with Gasteiger partial charge in [0.1, 0.15) is 0 Å². The molecule has 0 saturated heterocycles. The molecule has 0 atom stereocenters. The first-order valence-electron chi connectivity index (χ1n) is 6.93. The predicted octanol–water partition coefficient (Wildman–Crippen LogP) is 3.03. The summed E-state index contributed by atoms with van der Waals surface area (Å²) in [6.07, 6.45) is 2.24. The van der Waals surface area contributed by atoms with E-state index in [-0.39, 0.29) is 0 Å². The molecule has 0 unspecified atom stereocenters. The molecule has 0 saturated carbocycles. The minimum Gasteiger partial charge on any atom is -0.0840 e. The van der Waals surface area contributed by atoms with Crippen molar-refractivity contribution >= 4 is 31.5 Å². The summed E-state index contributed by atoms with van der Waals surface area (Å²) < 4.78 is 0. The van der Waals surface area contributed by atoms with Gasteiger partial charge in [-0.1, -0.05) is 76.8 Å². The molecule has 0 heterocycles. The van der Waals surface area contributed by atoms with E-state index in [0.717, 1.165) is 17.9 Å². The summed E-state index contributed by atoms with van der Waals surface area (Å²) in [7, 11) is -0.432. The van der Waals surface area contributed by atoms with E-state index in [1.54, 1.807) is 0 Å². The number of hydrogen-bond donors (Lipinski definition) is 0. The van der Waals surface area contributed by atoms with Crippen LogP contribution in [0.4, 0.5) is 0 Å². The molecule has 0 bridgehead atoms. The topological polar surface area (TPSA) is 0 Å². The molecule has 0 spiro atoms. The van der Waals surface area contributed by atoms with Gasteiger partial charge in [0.15, 0.2) is 0 Å². The van der Waals surface area contributed by atoms with Crippen LogP contribution in [-0.2, 0) is 6.42 Å². The summed E-state index contributed by atoms with van der Waals surface area (Å²) in [5.74, 6) is 0. The Hall–Kier alpha value is -1.05. The summed E-state index contributed by atoms with van der Waals surface area (Å²) in [5.41, 5.74) is 4.10. The van der Waals surface area contributed by atoms with Crippen LogP contribution in [0.1, 0.15) is 30.0 Å². The van der Waals surface area contributed by atoms with E-state index in [9.17, 15) is 0 Å². The third-order valence-corrected chi connectivity index (χ3v) is 5.61. The average Bonchev–Trinajstić information content (AvgIpc) is 2.32.